The highest BCUT2D eigenvalue weighted by Gasteiger charge is 2.24. The van der Waals surface area contributed by atoms with Gasteiger partial charge >= 0.3 is 7.82 Å². The molecule has 2 unspecified atom stereocenters. The zero-order valence-corrected chi connectivity index (χ0v) is 27.3. The molecule has 0 aromatic heterocycles. The average molecular weight is 581 g/mol. The first-order valence-electron chi connectivity index (χ1n) is 16.3. The maximum absolute atomic E-state index is 11.8. The summed E-state index contributed by atoms with van der Waals surface area (Å²) >= 11 is 0. The number of phosphoric acid groups is 1. The van der Waals surface area contributed by atoms with E-state index >= 15 is 0 Å². The first-order valence-corrected chi connectivity index (χ1v) is 17.8. The van der Waals surface area contributed by atoms with E-state index in [4.69, 9.17) is 13.8 Å². The van der Waals surface area contributed by atoms with Gasteiger partial charge in [0.05, 0.1) is 34.4 Å². The molecule has 236 valence electrons. The van der Waals surface area contributed by atoms with E-state index in [2.05, 4.69) is 6.92 Å². The number of ether oxygens (including phenoxy) is 1. The Hall–Kier alpha value is -0.0100. The molecule has 0 aliphatic carbocycles. The molecule has 8 heteroatoms. The molecule has 0 amide bonds. The summed E-state index contributed by atoms with van der Waals surface area (Å²) in [5.74, 6) is 0. The Labute approximate surface area is 242 Å². The fraction of sp³-hybridized carbons (Fsp3) is 1.00. The van der Waals surface area contributed by atoms with Gasteiger partial charge < -0.3 is 19.2 Å². The Morgan fingerprint density at radius 2 is 0.974 bits per heavy atom. The van der Waals surface area contributed by atoms with Crippen molar-refractivity contribution in [3.05, 3.63) is 0 Å². The predicted octanol–water partition coefficient (Wildman–Crippen LogP) is 8.42. The lowest BCUT2D eigenvalue weighted by molar-refractivity contribution is -0.870. The molecule has 0 aliphatic heterocycles. The second-order valence-electron chi connectivity index (χ2n) is 12.4. The van der Waals surface area contributed by atoms with Crippen LogP contribution in [0.3, 0.4) is 0 Å². The van der Waals surface area contributed by atoms with Crippen molar-refractivity contribution in [2.24, 2.45) is 0 Å². The summed E-state index contributed by atoms with van der Waals surface area (Å²) in [6.07, 6.45) is 27.7. The van der Waals surface area contributed by atoms with Crippen LogP contribution in [0, 0.1) is 0 Å². The van der Waals surface area contributed by atoms with E-state index in [1.807, 2.05) is 21.1 Å². The van der Waals surface area contributed by atoms with Crippen LogP contribution in [0.25, 0.3) is 0 Å². The maximum Gasteiger partial charge on any atom is 0.472 e. The van der Waals surface area contributed by atoms with Gasteiger partial charge in [-0.15, -0.1) is 0 Å². The maximum atomic E-state index is 11.8. The van der Waals surface area contributed by atoms with Gasteiger partial charge in [0.1, 0.15) is 19.3 Å². The topological polar surface area (TPSA) is 85.2 Å². The smallest absolute Gasteiger partial charge is 0.388 e. The van der Waals surface area contributed by atoms with Crippen LogP contribution < -0.4 is 0 Å². The summed E-state index contributed by atoms with van der Waals surface area (Å²) in [6, 6.07) is 0. The van der Waals surface area contributed by atoms with Crippen molar-refractivity contribution in [2.75, 3.05) is 54.1 Å². The third-order valence-corrected chi connectivity index (χ3v) is 8.13. The van der Waals surface area contributed by atoms with E-state index in [0.717, 1.165) is 12.8 Å². The van der Waals surface area contributed by atoms with Crippen molar-refractivity contribution >= 4 is 7.82 Å². The van der Waals surface area contributed by atoms with E-state index in [0.29, 0.717) is 17.6 Å². The lowest BCUT2D eigenvalue weighted by atomic mass is 10.0. The van der Waals surface area contributed by atoms with Gasteiger partial charge in [0.15, 0.2) is 0 Å². The number of hydrogen-bond donors (Lipinski definition) is 2. The van der Waals surface area contributed by atoms with Crippen molar-refractivity contribution in [2.45, 2.75) is 148 Å². The lowest BCUT2D eigenvalue weighted by Crippen LogP contribution is -2.37. The van der Waals surface area contributed by atoms with E-state index in [1.165, 1.54) is 122 Å². The number of rotatable bonds is 31. The Balaban J connectivity index is 3.30. The van der Waals surface area contributed by atoms with Crippen molar-refractivity contribution in [1.82, 2.24) is 0 Å². The Morgan fingerprint density at radius 3 is 1.36 bits per heavy atom. The van der Waals surface area contributed by atoms with Crippen LogP contribution in [-0.2, 0) is 18.3 Å². The monoisotopic (exact) mass is 580 g/mol. The molecule has 0 radical (unpaired) electrons. The summed E-state index contributed by atoms with van der Waals surface area (Å²) < 4.78 is 27.7. The molecule has 0 fully saturated rings. The molecule has 2 N–H and O–H groups in total. The zero-order valence-electron chi connectivity index (χ0n) is 26.4. The zero-order chi connectivity index (χ0) is 29.1. The molecule has 0 heterocycles. The summed E-state index contributed by atoms with van der Waals surface area (Å²) in [7, 11) is 1.76. The predicted molar refractivity (Wildman–Crippen MR) is 164 cm³/mol. The number of likely N-dealkylation sites (N-methyl/N-ethyl adjacent to an activating group) is 1. The average Bonchev–Trinajstić information content (AvgIpc) is 2.87. The Morgan fingerprint density at radius 1 is 0.590 bits per heavy atom. The first kappa shape index (κ1) is 39.0. The number of quaternary nitrogens is 1. The van der Waals surface area contributed by atoms with Gasteiger partial charge in [-0.1, -0.05) is 135 Å². The molecule has 0 saturated heterocycles. The summed E-state index contributed by atoms with van der Waals surface area (Å²) in [5, 5.41) is 9.90. The number of unbranched alkanes of at least 4 members (excludes halogenated alkanes) is 20. The fourth-order valence-corrected chi connectivity index (χ4v) is 5.30. The SMILES string of the molecule is CCCCCCCCCCCCCCCCCCCCCCCOCC(O)COP(=O)(O)OCC[N+](C)(C)C. The highest BCUT2D eigenvalue weighted by Crippen LogP contribution is 2.43. The van der Waals surface area contributed by atoms with E-state index in [1.54, 1.807) is 0 Å². The second kappa shape index (κ2) is 26.9. The summed E-state index contributed by atoms with van der Waals surface area (Å²) in [6.45, 7) is 3.39. The largest absolute Gasteiger partial charge is 0.472 e. The van der Waals surface area contributed by atoms with Gasteiger partial charge in [0.2, 0.25) is 0 Å². The molecule has 0 aromatic carbocycles. The number of phosphoric ester groups is 1. The van der Waals surface area contributed by atoms with Crippen molar-refractivity contribution in [1.29, 1.82) is 0 Å². The molecule has 7 nitrogen and oxygen atoms in total. The number of hydrogen-bond acceptors (Lipinski definition) is 5. The van der Waals surface area contributed by atoms with Crippen LogP contribution in [0.4, 0.5) is 0 Å². The molecule has 39 heavy (non-hydrogen) atoms. The molecular formula is C31H67NO6P+. The van der Waals surface area contributed by atoms with Crippen molar-refractivity contribution in [3.8, 4) is 0 Å². The number of aliphatic hydroxyl groups is 1. The Bertz CT molecular complexity index is 558. The van der Waals surface area contributed by atoms with Gasteiger partial charge in [-0.2, -0.15) is 0 Å². The minimum atomic E-state index is -4.14. The molecule has 2 atom stereocenters. The standard InChI is InChI=1S/C31H66NO6P/c1-5-6-7-8-9-10-11-12-13-14-15-16-17-18-19-20-21-22-23-24-25-27-36-29-31(33)30-38-39(34,35)37-28-26-32(2,3)4/h31,33H,5-30H2,1-4H3/p+1. The number of nitrogens with zero attached hydrogens (tertiary/aromatic N) is 1. The van der Waals surface area contributed by atoms with Crippen LogP contribution in [0.1, 0.15) is 142 Å². The highest BCUT2D eigenvalue weighted by molar-refractivity contribution is 7.47. The Kier molecular flexibility index (Phi) is 26.9. The molecule has 0 rings (SSSR count). The van der Waals surface area contributed by atoms with Crippen LogP contribution >= 0.6 is 7.82 Å². The van der Waals surface area contributed by atoms with E-state index in [-0.39, 0.29) is 19.8 Å². The molecule has 0 aliphatic rings. The lowest BCUT2D eigenvalue weighted by Gasteiger charge is -2.24. The number of aliphatic hydroxyl groups excluding tert-OH is 1. The van der Waals surface area contributed by atoms with Gasteiger partial charge in [-0.3, -0.25) is 9.05 Å². The summed E-state index contributed by atoms with van der Waals surface area (Å²) in [5.41, 5.74) is 0. The van der Waals surface area contributed by atoms with Gasteiger partial charge in [0, 0.05) is 6.61 Å². The summed E-state index contributed by atoms with van der Waals surface area (Å²) in [4.78, 5) is 9.67. The second-order valence-corrected chi connectivity index (χ2v) is 13.9. The fourth-order valence-electron chi connectivity index (χ4n) is 4.55. The van der Waals surface area contributed by atoms with Gasteiger partial charge in [-0.05, 0) is 6.42 Å². The first-order chi connectivity index (χ1) is 18.7. The normalized spacial score (nSPS) is 14.5. The van der Waals surface area contributed by atoms with Crippen LogP contribution in [0.15, 0.2) is 0 Å². The molecule has 0 saturated carbocycles. The molecular weight excluding hydrogens is 513 g/mol. The quantitative estimate of drug-likeness (QED) is 0.0486. The van der Waals surface area contributed by atoms with Gasteiger partial charge in [-0.25, -0.2) is 4.57 Å². The molecule has 0 spiro atoms. The van der Waals surface area contributed by atoms with Crippen molar-refractivity contribution < 1.29 is 32.8 Å². The molecule has 0 bridgehead atoms. The minimum Gasteiger partial charge on any atom is -0.388 e. The highest BCUT2D eigenvalue weighted by atomic mass is 31.2. The van der Waals surface area contributed by atoms with Crippen LogP contribution in [0.2, 0.25) is 0 Å². The van der Waals surface area contributed by atoms with Crippen LogP contribution in [0.5, 0.6) is 0 Å². The van der Waals surface area contributed by atoms with Gasteiger partial charge in [0.25, 0.3) is 0 Å². The van der Waals surface area contributed by atoms with E-state index < -0.39 is 13.9 Å². The molecule has 0 aromatic rings. The van der Waals surface area contributed by atoms with E-state index in [9.17, 15) is 14.6 Å². The van der Waals surface area contributed by atoms with Crippen molar-refractivity contribution in [3.63, 3.8) is 0 Å². The minimum absolute atomic E-state index is 0.0953. The third-order valence-electron chi connectivity index (χ3n) is 7.15. The third kappa shape index (κ3) is 32.4. The van der Waals surface area contributed by atoms with Crippen LogP contribution in [-0.4, -0.2) is 74.7 Å².